The molecule has 0 saturated carbocycles. The van der Waals surface area contributed by atoms with Crippen molar-refractivity contribution in [1.82, 2.24) is 0 Å². The number of nitrogen functional groups attached to an aromatic ring is 1. The second-order valence-corrected chi connectivity index (χ2v) is 5.08. The topological polar surface area (TPSA) is 47.7 Å². The summed E-state index contributed by atoms with van der Waals surface area (Å²) in [6, 6.07) is 15.8. The minimum Gasteiger partial charge on any atom is -0.494 e. The lowest BCUT2D eigenvalue weighted by molar-refractivity contribution is 0.293. The van der Waals surface area contributed by atoms with Gasteiger partial charge in [-0.1, -0.05) is 18.2 Å². The molecule has 4 nitrogen and oxygen atoms in total. The minimum atomic E-state index is 0.704. The Kier molecular flexibility index (Phi) is 4.15. The van der Waals surface area contributed by atoms with E-state index in [0.717, 1.165) is 42.4 Å². The molecule has 21 heavy (non-hydrogen) atoms. The van der Waals surface area contributed by atoms with Gasteiger partial charge in [-0.05, 0) is 30.7 Å². The van der Waals surface area contributed by atoms with Crippen LogP contribution in [0.2, 0.25) is 0 Å². The molecule has 2 aromatic carbocycles. The van der Waals surface area contributed by atoms with Crippen LogP contribution in [0.25, 0.3) is 0 Å². The van der Waals surface area contributed by atoms with Crippen molar-refractivity contribution in [2.45, 2.75) is 6.42 Å². The normalized spacial score (nSPS) is 13.4. The van der Waals surface area contributed by atoms with E-state index in [9.17, 15) is 0 Å². The van der Waals surface area contributed by atoms with Crippen LogP contribution in [0.1, 0.15) is 6.42 Å². The average Bonchev–Trinajstić information content (AvgIpc) is 2.52. The SMILES string of the molecule is Nc1ccc2c(c1)OCCN2CCCOc1ccccc1. The molecule has 2 N–H and O–H groups in total. The molecule has 0 spiro atoms. The van der Waals surface area contributed by atoms with E-state index >= 15 is 0 Å². The molecule has 0 aliphatic carbocycles. The van der Waals surface area contributed by atoms with E-state index in [0.29, 0.717) is 13.2 Å². The molecule has 1 aliphatic rings. The van der Waals surface area contributed by atoms with Crippen molar-refractivity contribution in [3.63, 3.8) is 0 Å². The summed E-state index contributed by atoms with van der Waals surface area (Å²) in [5.74, 6) is 1.80. The molecular formula is C17H20N2O2. The molecule has 0 saturated heterocycles. The van der Waals surface area contributed by atoms with Gasteiger partial charge in [0.15, 0.2) is 0 Å². The summed E-state index contributed by atoms with van der Waals surface area (Å²) in [5.41, 5.74) is 7.65. The molecule has 0 fully saturated rings. The number of anilines is 2. The van der Waals surface area contributed by atoms with Crippen molar-refractivity contribution in [3.05, 3.63) is 48.5 Å². The van der Waals surface area contributed by atoms with E-state index in [4.69, 9.17) is 15.2 Å². The molecule has 1 aliphatic heterocycles. The number of hydrogen-bond acceptors (Lipinski definition) is 4. The monoisotopic (exact) mass is 284 g/mol. The Bertz CT molecular complexity index is 587. The highest BCUT2D eigenvalue weighted by atomic mass is 16.5. The Morgan fingerprint density at radius 3 is 2.86 bits per heavy atom. The lowest BCUT2D eigenvalue weighted by Crippen LogP contribution is -2.34. The third-order valence-electron chi connectivity index (χ3n) is 3.53. The van der Waals surface area contributed by atoms with Gasteiger partial charge in [0.05, 0.1) is 18.8 Å². The smallest absolute Gasteiger partial charge is 0.144 e. The maximum absolute atomic E-state index is 5.79. The van der Waals surface area contributed by atoms with Crippen LogP contribution in [-0.2, 0) is 0 Å². The molecule has 2 aromatic rings. The van der Waals surface area contributed by atoms with Gasteiger partial charge < -0.3 is 20.1 Å². The van der Waals surface area contributed by atoms with Gasteiger partial charge in [0, 0.05) is 18.3 Å². The highest BCUT2D eigenvalue weighted by molar-refractivity contribution is 5.65. The lowest BCUT2D eigenvalue weighted by atomic mass is 10.2. The predicted molar refractivity (Wildman–Crippen MR) is 85.1 cm³/mol. The third-order valence-corrected chi connectivity index (χ3v) is 3.53. The summed E-state index contributed by atoms with van der Waals surface area (Å²) in [6.07, 6.45) is 0.971. The van der Waals surface area contributed by atoms with Crippen molar-refractivity contribution in [3.8, 4) is 11.5 Å². The molecule has 0 amide bonds. The number of para-hydroxylation sites is 1. The first-order valence-electron chi connectivity index (χ1n) is 7.28. The molecule has 0 radical (unpaired) electrons. The largest absolute Gasteiger partial charge is 0.494 e. The zero-order valence-corrected chi connectivity index (χ0v) is 12.0. The van der Waals surface area contributed by atoms with E-state index in [2.05, 4.69) is 4.90 Å². The van der Waals surface area contributed by atoms with Gasteiger partial charge >= 0.3 is 0 Å². The Morgan fingerprint density at radius 2 is 2.00 bits per heavy atom. The molecule has 0 atom stereocenters. The molecule has 3 rings (SSSR count). The number of rotatable bonds is 5. The summed E-state index contributed by atoms with van der Waals surface area (Å²) < 4.78 is 11.4. The molecule has 110 valence electrons. The summed E-state index contributed by atoms with van der Waals surface area (Å²) in [4.78, 5) is 2.33. The van der Waals surface area contributed by atoms with Gasteiger partial charge in [0.2, 0.25) is 0 Å². The van der Waals surface area contributed by atoms with Crippen LogP contribution in [0.5, 0.6) is 11.5 Å². The fourth-order valence-electron chi connectivity index (χ4n) is 2.49. The van der Waals surface area contributed by atoms with Crippen molar-refractivity contribution in [2.24, 2.45) is 0 Å². The zero-order chi connectivity index (χ0) is 14.5. The number of ether oxygens (including phenoxy) is 2. The zero-order valence-electron chi connectivity index (χ0n) is 12.0. The molecule has 1 heterocycles. The Morgan fingerprint density at radius 1 is 1.14 bits per heavy atom. The van der Waals surface area contributed by atoms with E-state index in [1.54, 1.807) is 0 Å². The summed E-state index contributed by atoms with van der Waals surface area (Å²) in [7, 11) is 0. The number of fused-ring (bicyclic) bond motifs is 1. The van der Waals surface area contributed by atoms with Crippen LogP contribution >= 0.6 is 0 Å². The molecular weight excluding hydrogens is 264 g/mol. The first-order chi connectivity index (χ1) is 10.3. The quantitative estimate of drug-likeness (QED) is 0.677. The molecule has 4 heteroatoms. The summed E-state index contributed by atoms with van der Waals surface area (Å²) in [6.45, 7) is 3.27. The fraction of sp³-hybridized carbons (Fsp3) is 0.294. The van der Waals surface area contributed by atoms with Gasteiger partial charge in [-0.15, -0.1) is 0 Å². The fourth-order valence-corrected chi connectivity index (χ4v) is 2.49. The van der Waals surface area contributed by atoms with Crippen molar-refractivity contribution in [2.75, 3.05) is 36.9 Å². The van der Waals surface area contributed by atoms with Gasteiger partial charge in [-0.2, -0.15) is 0 Å². The van der Waals surface area contributed by atoms with E-state index < -0.39 is 0 Å². The van der Waals surface area contributed by atoms with Crippen LogP contribution in [0.3, 0.4) is 0 Å². The maximum Gasteiger partial charge on any atom is 0.144 e. The Balaban J connectivity index is 1.53. The number of nitrogens with zero attached hydrogens (tertiary/aromatic N) is 1. The van der Waals surface area contributed by atoms with Crippen LogP contribution in [0.15, 0.2) is 48.5 Å². The van der Waals surface area contributed by atoms with E-state index in [-0.39, 0.29) is 0 Å². The first kappa shape index (κ1) is 13.6. The Hall–Kier alpha value is -2.36. The van der Waals surface area contributed by atoms with Crippen molar-refractivity contribution < 1.29 is 9.47 Å². The van der Waals surface area contributed by atoms with Crippen LogP contribution in [0.4, 0.5) is 11.4 Å². The number of nitrogens with two attached hydrogens (primary N) is 1. The lowest BCUT2D eigenvalue weighted by Gasteiger charge is -2.31. The van der Waals surface area contributed by atoms with Gasteiger partial charge in [0.25, 0.3) is 0 Å². The first-order valence-corrected chi connectivity index (χ1v) is 7.28. The predicted octanol–water partition coefficient (Wildman–Crippen LogP) is 2.94. The summed E-state index contributed by atoms with van der Waals surface area (Å²) in [5, 5.41) is 0. The minimum absolute atomic E-state index is 0.704. The standard InChI is InChI=1S/C17H20N2O2/c18-14-7-8-16-17(13-14)21-12-10-19(16)9-4-11-20-15-5-2-1-3-6-15/h1-3,5-8,13H,4,9-12,18H2. The highest BCUT2D eigenvalue weighted by Gasteiger charge is 2.17. The van der Waals surface area contributed by atoms with E-state index in [1.165, 1.54) is 0 Å². The van der Waals surface area contributed by atoms with E-state index in [1.807, 2.05) is 48.5 Å². The molecule has 0 bridgehead atoms. The van der Waals surface area contributed by atoms with Crippen LogP contribution in [-0.4, -0.2) is 26.3 Å². The number of hydrogen-bond donors (Lipinski definition) is 1. The van der Waals surface area contributed by atoms with Crippen LogP contribution < -0.4 is 20.1 Å². The number of benzene rings is 2. The molecule has 0 unspecified atom stereocenters. The third kappa shape index (κ3) is 3.40. The average molecular weight is 284 g/mol. The second kappa shape index (κ2) is 6.39. The van der Waals surface area contributed by atoms with Crippen LogP contribution in [0, 0.1) is 0 Å². The van der Waals surface area contributed by atoms with Crippen molar-refractivity contribution >= 4 is 11.4 Å². The van der Waals surface area contributed by atoms with Crippen molar-refractivity contribution in [1.29, 1.82) is 0 Å². The van der Waals surface area contributed by atoms with Gasteiger partial charge in [-0.3, -0.25) is 0 Å². The Labute approximate surface area is 125 Å². The van der Waals surface area contributed by atoms with Gasteiger partial charge in [0.1, 0.15) is 18.1 Å². The maximum atomic E-state index is 5.79. The molecule has 0 aromatic heterocycles. The summed E-state index contributed by atoms with van der Waals surface area (Å²) >= 11 is 0. The second-order valence-electron chi connectivity index (χ2n) is 5.08. The highest BCUT2D eigenvalue weighted by Crippen LogP contribution is 2.33. The van der Waals surface area contributed by atoms with Gasteiger partial charge in [-0.25, -0.2) is 0 Å².